The Hall–Kier alpha value is -1.78. The van der Waals surface area contributed by atoms with Crippen LogP contribution in [0, 0.1) is 71.5 Å². The molecular formula is C27H38O. The van der Waals surface area contributed by atoms with Crippen molar-refractivity contribution in [3.05, 3.63) is 12.3 Å². The van der Waals surface area contributed by atoms with Gasteiger partial charge in [-0.1, -0.05) is 20.4 Å². The minimum absolute atomic E-state index is 0.786. The second kappa shape index (κ2) is 11.9. The topological polar surface area (TPSA) is 9.23 Å². The Morgan fingerprint density at radius 1 is 0.929 bits per heavy atom. The predicted molar refractivity (Wildman–Crippen MR) is 119 cm³/mol. The molecular weight excluding hydrogens is 340 g/mol. The molecule has 0 spiro atoms. The van der Waals surface area contributed by atoms with Crippen LogP contribution < -0.4 is 0 Å². The molecule has 152 valence electrons. The number of terminal acetylenes is 1. The van der Waals surface area contributed by atoms with Gasteiger partial charge in [0, 0.05) is 32.1 Å². The molecule has 0 aromatic heterocycles. The highest BCUT2D eigenvalue weighted by Gasteiger charge is 2.49. The van der Waals surface area contributed by atoms with E-state index in [4.69, 9.17) is 11.2 Å². The van der Waals surface area contributed by atoms with Gasteiger partial charge in [0.05, 0.1) is 12.4 Å². The molecule has 4 rings (SSSR count). The molecule has 4 aliphatic rings. The summed E-state index contributed by atoms with van der Waals surface area (Å²) in [5, 5.41) is 0. The molecule has 0 heterocycles. The molecule has 4 aliphatic carbocycles. The maximum absolute atomic E-state index is 5.50. The van der Waals surface area contributed by atoms with Crippen molar-refractivity contribution < 1.29 is 4.74 Å². The van der Waals surface area contributed by atoms with Crippen molar-refractivity contribution in [3.8, 4) is 36.0 Å². The highest BCUT2D eigenvalue weighted by molar-refractivity contribution is 5.08. The van der Waals surface area contributed by atoms with E-state index in [1.807, 2.05) is 13.8 Å². The standard InChI is InChI=1S/C13H18O.C10H14.C4H6/c1-10(2)14-9-13-11-7-5-3-4-6-8-12(11)13;1-8-9-6-4-2-3-5-7-10(8)9;1-3-4-2/h11-13H,1,5-9H2,2H3;8-10H,4-7H2,1H3;1H,4H2,2H3. The highest BCUT2D eigenvalue weighted by Crippen LogP contribution is 2.52. The molecule has 0 saturated heterocycles. The van der Waals surface area contributed by atoms with Crippen LogP contribution in [0.2, 0.25) is 0 Å². The van der Waals surface area contributed by atoms with Gasteiger partial charge in [-0.05, 0) is 68.1 Å². The third-order valence-electron chi connectivity index (χ3n) is 6.66. The Kier molecular flexibility index (Phi) is 9.59. The minimum Gasteiger partial charge on any atom is -0.499 e. The quantitative estimate of drug-likeness (QED) is 0.405. The first kappa shape index (κ1) is 22.5. The molecule has 0 aromatic carbocycles. The molecule has 4 unspecified atom stereocenters. The molecule has 0 N–H and O–H groups in total. The summed E-state index contributed by atoms with van der Waals surface area (Å²) in [6, 6.07) is 0. The van der Waals surface area contributed by atoms with Gasteiger partial charge in [0.15, 0.2) is 0 Å². The van der Waals surface area contributed by atoms with Gasteiger partial charge < -0.3 is 4.74 Å². The van der Waals surface area contributed by atoms with Gasteiger partial charge >= 0.3 is 0 Å². The van der Waals surface area contributed by atoms with Crippen LogP contribution in [0.3, 0.4) is 0 Å². The smallest absolute Gasteiger partial charge is 0.0910 e. The van der Waals surface area contributed by atoms with E-state index in [1.54, 1.807) is 0 Å². The van der Waals surface area contributed by atoms with Crippen LogP contribution >= 0.6 is 0 Å². The molecule has 0 aliphatic heterocycles. The van der Waals surface area contributed by atoms with E-state index in [9.17, 15) is 0 Å². The summed E-state index contributed by atoms with van der Waals surface area (Å²) in [4.78, 5) is 0. The van der Waals surface area contributed by atoms with Gasteiger partial charge in [0.2, 0.25) is 0 Å². The Bertz CT molecular complexity index is 622. The lowest BCUT2D eigenvalue weighted by Gasteiger charge is -2.03. The fourth-order valence-electron chi connectivity index (χ4n) is 4.77. The predicted octanol–water partition coefficient (Wildman–Crippen LogP) is 6.45. The number of rotatable bonds is 3. The van der Waals surface area contributed by atoms with Crippen molar-refractivity contribution in [2.75, 3.05) is 6.61 Å². The third kappa shape index (κ3) is 7.33. The molecule has 28 heavy (non-hydrogen) atoms. The monoisotopic (exact) mass is 378 g/mol. The van der Waals surface area contributed by atoms with Crippen molar-refractivity contribution in [2.24, 2.45) is 35.5 Å². The summed E-state index contributed by atoms with van der Waals surface area (Å²) in [5.41, 5.74) is 0. The zero-order valence-corrected chi connectivity index (χ0v) is 18.2. The van der Waals surface area contributed by atoms with Crippen molar-refractivity contribution in [1.29, 1.82) is 0 Å². The van der Waals surface area contributed by atoms with E-state index in [0.717, 1.165) is 80.0 Å². The summed E-state index contributed by atoms with van der Waals surface area (Å²) in [5.74, 6) is 21.8. The van der Waals surface area contributed by atoms with Crippen LogP contribution in [-0.2, 0) is 4.74 Å². The van der Waals surface area contributed by atoms with E-state index in [0.29, 0.717) is 0 Å². The van der Waals surface area contributed by atoms with E-state index >= 15 is 0 Å². The fourth-order valence-corrected chi connectivity index (χ4v) is 4.77. The molecule has 2 saturated carbocycles. The molecule has 0 radical (unpaired) electrons. The molecule has 2 fully saturated rings. The van der Waals surface area contributed by atoms with Gasteiger partial charge in [0.25, 0.3) is 0 Å². The van der Waals surface area contributed by atoms with Crippen LogP contribution in [0.25, 0.3) is 0 Å². The maximum Gasteiger partial charge on any atom is 0.0910 e. The second-order valence-corrected chi connectivity index (χ2v) is 8.61. The first-order valence-corrected chi connectivity index (χ1v) is 11.2. The SMILES string of the molecule is C#CCC.C=C(C)OCC1C2CCC#CCCC21.CC1C2CCC#CCCC12. The van der Waals surface area contributed by atoms with E-state index in [-0.39, 0.29) is 0 Å². The van der Waals surface area contributed by atoms with Gasteiger partial charge in [-0.25, -0.2) is 0 Å². The summed E-state index contributed by atoms with van der Waals surface area (Å²) >= 11 is 0. The first-order valence-electron chi connectivity index (χ1n) is 11.2. The Balaban J connectivity index is 0.000000175. The first-order chi connectivity index (χ1) is 13.6. The summed E-state index contributed by atoms with van der Waals surface area (Å²) in [6.07, 6.45) is 15.4. The van der Waals surface area contributed by atoms with Crippen LogP contribution in [0.4, 0.5) is 0 Å². The minimum atomic E-state index is 0.786. The fraction of sp³-hybridized carbons (Fsp3) is 0.704. The molecule has 1 heteroatoms. The van der Waals surface area contributed by atoms with E-state index < -0.39 is 0 Å². The van der Waals surface area contributed by atoms with Crippen LogP contribution in [0.5, 0.6) is 0 Å². The zero-order chi connectivity index (χ0) is 20.4. The normalized spacial score (nSPS) is 33.5. The number of hydrogen-bond donors (Lipinski definition) is 0. The van der Waals surface area contributed by atoms with Crippen LogP contribution in [0.1, 0.15) is 78.6 Å². The van der Waals surface area contributed by atoms with Crippen LogP contribution in [0.15, 0.2) is 12.3 Å². The van der Waals surface area contributed by atoms with Crippen molar-refractivity contribution >= 4 is 0 Å². The Labute approximate surface area is 174 Å². The third-order valence-corrected chi connectivity index (χ3v) is 6.66. The van der Waals surface area contributed by atoms with Crippen molar-refractivity contribution in [1.82, 2.24) is 0 Å². The summed E-state index contributed by atoms with van der Waals surface area (Å²) in [7, 11) is 0. The lowest BCUT2D eigenvalue weighted by molar-refractivity contribution is 0.193. The van der Waals surface area contributed by atoms with E-state index in [1.165, 1.54) is 25.7 Å². The number of fused-ring (bicyclic) bond motifs is 2. The molecule has 1 nitrogen and oxygen atoms in total. The molecule has 4 atom stereocenters. The lowest BCUT2D eigenvalue weighted by Crippen LogP contribution is -1.96. The second-order valence-electron chi connectivity index (χ2n) is 8.61. The summed E-state index contributed by atoms with van der Waals surface area (Å²) < 4.78 is 5.50. The number of hydrogen-bond acceptors (Lipinski definition) is 1. The average Bonchev–Trinajstić information content (AvgIpc) is 3.47. The van der Waals surface area contributed by atoms with Gasteiger partial charge in [-0.2, -0.15) is 0 Å². The van der Waals surface area contributed by atoms with E-state index in [2.05, 4.69) is 43.1 Å². The number of allylic oxidation sites excluding steroid dienone is 1. The molecule has 0 bridgehead atoms. The van der Waals surface area contributed by atoms with Gasteiger partial charge in [0.1, 0.15) is 0 Å². The highest BCUT2D eigenvalue weighted by atomic mass is 16.5. The van der Waals surface area contributed by atoms with Crippen molar-refractivity contribution in [3.63, 3.8) is 0 Å². The largest absolute Gasteiger partial charge is 0.499 e. The Morgan fingerprint density at radius 3 is 1.68 bits per heavy atom. The summed E-state index contributed by atoms with van der Waals surface area (Å²) in [6.45, 7) is 10.9. The van der Waals surface area contributed by atoms with Gasteiger partial charge in [-0.15, -0.1) is 36.0 Å². The molecule has 0 amide bonds. The maximum atomic E-state index is 5.50. The molecule has 0 aromatic rings. The lowest BCUT2D eigenvalue weighted by atomic mass is 10.1. The average molecular weight is 379 g/mol. The Morgan fingerprint density at radius 2 is 1.32 bits per heavy atom. The van der Waals surface area contributed by atoms with Gasteiger partial charge in [-0.3, -0.25) is 0 Å². The zero-order valence-electron chi connectivity index (χ0n) is 18.2. The van der Waals surface area contributed by atoms with Crippen molar-refractivity contribution in [2.45, 2.75) is 78.6 Å². The van der Waals surface area contributed by atoms with Crippen LogP contribution in [-0.4, -0.2) is 6.61 Å². The number of ether oxygens (including phenoxy) is 1.